The van der Waals surface area contributed by atoms with Crippen LogP contribution in [-0.2, 0) is 4.79 Å². The molecule has 5 rings (SSSR count). The highest BCUT2D eigenvalue weighted by Gasteiger charge is 2.41. The number of fused-ring (bicyclic) bond motifs is 1. The molecular formula is C22H23N5O4. The van der Waals surface area contributed by atoms with Gasteiger partial charge in [0, 0.05) is 17.7 Å². The largest absolute Gasteiger partial charge is 0.493 e. The minimum Gasteiger partial charge on any atom is -0.493 e. The molecule has 0 amide bonds. The maximum atomic E-state index is 13.4. The molecule has 2 aromatic heterocycles. The molecule has 160 valence electrons. The van der Waals surface area contributed by atoms with Gasteiger partial charge in [-0.05, 0) is 49.1 Å². The maximum Gasteiger partial charge on any atom is 0.241 e. The van der Waals surface area contributed by atoms with E-state index in [4.69, 9.17) is 19.6 Å². The second kappa shape index (κ2) is 7.19. The number of rotatable bonds is 4. The number of Topliss-reactive ketones (excluding diaryl/α,β-unsaturated/α-hetero) is 1. The number of anilines is 2. The number of benzene rings is 1. The quantitative estimate of drug-likeness (QED) is 0.659. The number of nitrogens with one attached hydrogen (secondary N) is 1. The van der Waals surface area contributed by atoms with Gasteiger partial charge in [-0.25, -0.2) is 4.68 Å². The van der Waals surface area contributed by atoms with Crippen LogP contribution in [0.25, 0.3) is 0 Å². The number of allylic oxidation sites excluding steroid dienone is 2. The highest BCUT2D eigenvalue weighted by atomic mass is 16.5. The highest BCUT2D eigenvalue weighted by Crippen LogP contribution is 2.45. The van der Waals surface area contributed by atoms with Gasteiger partial charge in [0.15, 0.2) is 17.3 Å². The molecule has 3 heterocycles. The van der Waals surface area contributed by atoms with Gasteiger partial charge < -0.3 is 24.9 Å². The predicted molar refractivity (Wildman–Crippen MR) is 113 cm³/mol. The van der Waals surface area contributed by atoms with E-state index in [2.05, 4.69) is 15.4 Å². The first kappa shape index (κ1) is 19.2. The second-order valence-corrected chi connectivity index (χ2v) is 7.75. The summed E-state index contributed by atoms with van der Waals surface area (Å²) >= 11 is 0. The van der Waals surface area contributed by atoms with Crippen molar-refractivity contribution >= 4 is 17.7 Å². The van der Waals surface area contributed by atoms with E-state index in [0.29, 0.717) is 41.6 Å². The number of nitrogen functional groups attached to an aromatic ring is 1. The molecule has 31 heavy (non-hydrogen) atoms. The zero-order chi connectivity index (χ0) is 21.7. The van der Waals surface area contributed by atoms with Crippen LogP contribution in [0.15, 0.2) is 46.0 Å². The van der Waals surface area contributed by atoms with Gasteiger partial charge in [-0.3, -0.25) is 4.79 Å². The molecule has 0 fully saturated rings. The van der Waals surface area contributed by atoms with Crippen LogP contribution in [0, 0.1) is 6.92 Å². The smallest absolute Gasteiger partial charge is 0.241 e. The number of carbonyl (C=O) groups is 1. The molecule has 0 radical (unpaired) electrons. The fourth-order valence-electron chi connectivity index (χ4n) is 4.43. The molecule has 0 saturated heterocycles. The lowest BCUT2D eigenvalue weighted by molar-refractivity contribution is -0.116. The first-order chi connectivity index (χ1) is 15.0. The first-order valence-corrected chi connectivity index (χ1v) is 10.0. The van der Waals surface area contributed by atoms with E-state index in [-0.39, 0.29) is 17.6 Å². The summed E-state index contributed by atoms with van der Waals surface area (Å²) in [6, 6.07) is 9.01. The predicted octanol–water partition coefficient (Wildman–Crippen LogP) is 3.19. The fourth-order valence-corrected chi connectivity index (χ4v) is 4.43. The van der Waals surface area contributed by atoms with Crippen molar-refractivity contribution in [2.75, 3.05) is 25.3 Å². The van der Waals surface area contributed by atoms with Gasteiger partial charge in [0.2, 0.25) is 11.9 Å². The Bertz CT molecular complexity index is 1210. The second-order valence-electron chi connectivity index (χ2n) is 7.75. The van der Waals surface area contributed by atoms with E-state index in [1.165, 1.54) is 0 Å². The van der Waals surface area contributed by atoms with Gasteiger partial charge in [-0.15, -0.1) is 5.10 Å². The van der Waals surface area contributed by atoms with Gasteiger partial charge in [0.25, 0.3) is 0 Å². The van der Waals surface area contributed by atoms with Gasteiger partial charge in [0.05, 0.1) is 14.2 Å². The van der Waals surface area contributed by atoms with Crippen LogP contribution >= 0.6 is 0 Å². The lowest BCUT2D eigenvalue weighted by Gasteiger charge is -2.34. The number of hydrogen-bond donors (Lipinski definition) is 2. The van der Waals surface area contributed by atoms with Crippen molar-refractivity contribution in [3.8, 4) is 11.5 Å². The van der Waals surface area contributed by atoms with Crippen LogP contribution in [0.3, 0.4) is 0 Å². The minimum absolute atomic E-state index is 0.00985. The molecule has 0 spiro atoms. The molecule has 0 bridgehead atoms. The number of hydrogen-bond acceptors (Lipinski definition) is 8. The molecule has 9 heteroatoms. The van der Waals surface area contributed by atoms with Crippen LogP contribution in [0.5, 0.6) is 11.5 Å². The van der Waals surface area contributed by atoms with E-state index in [1.807, 2.05) is 37.3 Å². The molecule has 3 N–H and O–H groups in total. The molecule has 2 atom stereocenters. The van der Waals surface area contributed by atoms with Crippen molar-refractivity contribution in [1.82, 2.24) is 14.8 Å². The molecule has 3 aromatic rings. The molecule has 1 aromatic carbocycles. The van der Waals surface area contributed by atoms with E-state index in [1.54, 1.807) is 18.9 Å². The topological polar surface area (TPSA) is 117 Å². The van der Waals surface area contributed by atoms with Crippen molar-refractivity contribution in [1.29, 1.82) is 0 Å². The number of carbonyl (C=O) groups excluding carboxylic acids is 1. The molecular weight excluding hydrogens is 398 g/mol. The third-order valence-electron chi connectivity index (χ3n) is 5.85. The fraction of sp³-hybridized carbons (Fsp3) is 0.318. The van der Waals surface area contributed by atoms with Crippen molar-refractivity contribution in [3.05, 3.63) is 58.7 Å². The van der Waals surface area contributed by atoms with Crippen molar-refractivity contribution in [2.45, 2.75) is 31.7 Å². The molecule has 2 aliphatic rings. The minimum atomic E-state index is -0.497. The normalized spacial score (nSPS) is 20.2. The molecule has 1 aliphatic heterocycles. The van der Waals surface area contributed by atoms with Gasteiger partial charge >= 0.3 is 0 Å². The van der Waals surface area contributed by atoms with Crippen LogP contribution in [-0.4, -0.2) is 34.8 Å². The van der Waals surface area contributed by atoms with Crippen molar-refractivity contribution in [2.24, 2.45) is 0 Å². The SMILES string of the molecule is COc1ccc([C@@H]2CC(=O)C3=C(C2)Nc2nc(N)nn2[C@@H]3c2ccc(C)o2)cc1OC. The monoisotopic (exact) mass is 421 g/mol. The van der Waals surface area contributed by atoms with Crippen molar-refractivity contribution in [3.63, 3.8) is 0 Å². The Morgan fingerprint density at radius 3 is 2.68 bits per heavy atom. The number of furan rings is 1. The summed E-state index contributed by atoms with van der Waals surface area (Å²) in [7, 11) is 3.20. The maximum absolute atomic E-state index is 13.4. The van der Waals surface area contributed by atoms with E-state index in [0.717, 1.165) is 17.0 Å². The Hall–Kier alpha value is -3.75. The van der Waals surface area contributed by atoms with Gasteiger partial charge in [0.1, 0.15) is 17.6 Å². The zero-order valence-corrected chi connectivity index (χ0v) is 17.5. The van der Waals surface area contributed by atoms with Gasteiger partial charge in [-0.2, -0.15) is 4.98 Å². The Kier molecular flexibility index (Phi) is 4.46. The van der Waals surface area contributed by atoms with Crippen LogP contribution < -0.4 is 20.5 Å². The number of ether oxygens (including phenoxy) is 2. The average molecular weight is 421 g/mol. The van der Waals surface area contributed by atoms with E-state index in [9.17, 15) is 4.79 Å². The molecule has 0 saturated carbocycles. The lowest BCUT2D eigenvalue weighted by atomic mass is 9.78. The Morgan fingerprint density at radius 2 is 1.97 bits per heavy atom. The number of nitrogens with zero attached hydrogens (tertiary/aromatic N) is 3. The summed E-state index contributed by atoms with van der Waals surface area (Å²) in [4.78, 5) is 17.7. The summed E-state index contributed by atoms with van der Waals surface area (Å²) in [5, 5.41) is 7.58. The lowest BCUT2D eigenvalue weighted by Crippen LogP contribution is -2.33. The summed E-state index contributed by atoms with van der Waals surface area (Å²) in [5.74, 6) is 3.35. The summed E-state index contributed by atoms with van der Waals surface area (Å²) < 4.78 is 18.3. The Morgan fingerprint density at radius 1 is 1.16 bits per heavy atom. The summed E-state index contributed by atoms with van der Waals surface area (Å²) in [6.07, 6.45) is 1.01. The van der Waals surface area contributed by atoms with Gasteiger partial charge in [-0.1, -0.05) is 6.07 Å². The Balaban J connectivity index is 1.56. The van der Waals surface area contributed by atoms with E-state index >= 15 is 0 Å². The number of methoxy groups -OCH3 is 2. The van der Waals surface area contributed by atoms with Crippen molar-refractivity contribution < 1.29 is 18.7 Å². The number of nitrogens with two attached hydrogens (primary N) is 1. The first-order valence-electron chi connectivity index (χ1n) is 10.0. The number of ketones is 1. The average Bonchev–Trinajstić information content (AvgIpc) is 3.35. The molecule has 1 aliphatic carbocycles. The number of aryl methyl sites for hydroxylation is 1. The Labute approximate surface area is 178 Å². The molecule has 0 unspecified atom stereocenters. The van der Waals surface area contributed by atoms with Crippen LogP contribution in [0.2, 0.25) is 0 Å². The molecule has 9 nitrogen and oxygen atoms in total. The third-order valence-corrected chi connectivity index (χ3v) is 5.85. The van der Waals surface area contributed by atoms with E-state index < -0.39 is 6.04 Å². The standard InChI is InChI=1S/C22H23N5O4/c1-11-4-6-17(31-11)20-19-14(24-22-25-21(23)26-27(20)22)8-13(9-15(19)28)12-5-7-16(29-2)18(10-12)30-3/h4-7,10,13,20H,8-9H2,1-3H3,(H3,23,24,25,26)/t13-,20+/m0/s1. The summed E-state index contributed by atoms with van der Waals surface area (Å²) in [5.41, 5.74) is 8.33. The zero-order valence-electron chi connectivity index (χ0n) is 17.5. The summed E-state index contributed by atoms with van der Waals surface area (Å²) in [6.45, 7) is 1.87. The number of aromatic nitrogens is 3. The highest BCUT2D eigenvalue weighted by molar-refractivity contribution is 6.00. The van der Waals surface area contributed by atoms with Crippen LogP contribution in [0.1, 0.15) is 41.9 Å². The third kappa shape index (κ3) is 3.13. The van der Waals surface area contributed by atoms with Crippen LogP contribution in [0.4, 0.5) is 11.9 Å².